The van der Waals surface area contributed by atoms with Crippen LogP contribution in [-0.4, -0.2) is 39.5 Å². The van der Waals surface area contributed by atoms with Crippen LogP contribution in [0.4, 0.5) is 0 Å². The van der Waals surface area contributed by atoms with Gasteiger partial charge in [0.2, 0.25) is 0 Å². The third kappa shape index (κ3) is 44.9. The summed E-state index contributed by atoms with van der Waals surface area (Å²) < 4.78 is 0. The zero-order valence-electron chi connectivity index (χ0n) is 13.2. The van der Waals surface area contributed by atoms with Crippen LogP contribution < -0.4 is 0 Å². The molecule has 0 nitrogen and oxygen atoms in total. The summed E-state index contributed by atoms with van der Waals surface area (Å²) in [6, 6.07) is 0. The van der Waals surface area contributed by atoms with Crippen molar-refractivity contribution in [2.24, 2.45) is 0 Å². The van der Waals surface area contributed by atoms with E-state index in [1.54, 1.807) is 0 Å². The zero-order valence-corrected chi connectivity index (χ0v) is 21.1. The van der Waals surface area contributed by atoms with Crippen molar-refractivity contribution in [3.63, 3.8) is 0 Å². The molecule has 0 aromatic heterocycles. The fourth-order valence-electron chi connectivity index (χ4n) is 0.642. The van der Waals surface area contributed by atoms with E-state index in [9.17, 15) is 0 Å². The van der Waals surface area contributed by atoms with Gasteiger partial charge in [0, 0.05) is 0 Å². The maximum atomic E-state index is 2.36. The van der Waals surface area contributed by atoms with Crippen molar-refractivity contribution < 1.29 is 22.4 Å². The van der Waals surface area contributed by atoms with Crippen molar-refractivity contribution in [2.75, 3.05) is 0 Å². The number of hydrogen-bond acceptors (Lipinski definition) is 0. The number of hydrogen-bond donors (Lipinski definition) is 0. The molecule has 0 amide bonds. The molecule has 0 heterocycles. The smallest absolute Gasteiger partial charge is 0.0312 e. The Kier molecular flexibility index (Phi) is 31.2. The SMILES string of the molecule is [CH3][Sn]([CH3])[CH3].[CH3][Sn]([CH3])[CH3].[CH]1[CH][CH][CH][CH]1.[CH]1[CH][CH][CH][CH]1.[Nb+2]. The molecular formula is C16H28NbSn2+2. The van der Waals surface area contributed by atoms with Gasteiger partial charge in [0.15, 0.2) is 0 Å². The molecule has 0 bridgehead atoms. The minimum Gasteiger partial charge on any atom is -0.0312 e. The van der Waals surface area contributed by atoms with Crippen LogP contribution in [-0.2, 0) is 22.4 Å². The van der Waals surface area contributed by atoms with Gasteiger partial charge in [-0.05, 0) is 64.2 Å². The molecular weight excluding hydrogens is 523 g/mol. The van der Waals surface area contributed by atoms with Crippen LogP contribution in [0.2, 0.25) is 29.6 Å². The molecule has 0 unspecified atom stereocenters. The van der Waals surface area contributed by atoms with Gasteiger partial charge < -0.3 is 0 Å². The molecule has 0 aromatic carbocycles. The Bertz CT molecular complexity index is 94.0. The summed E-state index contributed by atoms with van der Waals surface area (Å²) in [6.45, 7) is 0. The summed E-state index contributed by atoms with van der Waals surface area (Å²) in [4.78, 5) is 14.2. The van der Waals surface area contributed by atoms with Crippen LogP contribution in [0.5, 0.6) is 0 Å². The van der Waals surface area contributed by atoms with E-state index in [0.29, 0.717) is 0 Å². The minimum absolute atomic E-state index is 0. The fourth-order valence-corrected chi connectivity index (χ4v) is 0.642. The second-order valence-electron chi connectivity index (χ2n) is 4.92. The van der Waals surface area contributed by atoms with E-state index in [4.69, 9.17) is 0 Å². The fraction of sp³-hybridized carbons (Fsp3) is 0.375. The average molecular weight is 551 g/mol. The molecule has 0 N–H and O–H groups in total. The van der Waals surface area contributed by atoms with Gasteiger partial charge >= 0.3 is 91.5 Å². The van der Waals surface area contributed by atoms with E-state index in [0.717, 1.165) is 0 Å². The Morgan fingerprint density at radius 3 is 0.474 bits per heavy atom. The van der Waals surface area contributed by atoms with Crippen molar-refractivity contribution in [2.45, 2.75) is 29.6 Å². The van der Waals surface area contributed by atoms with Gasteiger partial charge in [-0.1, -0.05) is 0 Å². The monoisotopic (exact) mass is 553 g/mol. The Morgan fingerprint density at radius 2 is 0.421 bits per heavy atom. The van der Waals surface area contributed by atoms with Crippen molar-refractivity contribution in [3.8, 4) is 0 Å². The van der Waals surface area contributed by atoms with E-state index in [2.05, 4.69) is 29.6 Å². The second-order valence-corrected chi connectivity index (χ2v) is 22.0. The van der Waals surface area contributed by atoms with Crippen molar-refractivity contribution in [3.05, 3.63) is 64.2 Å². The Hall–Kier alpha value is 2.34. The van der Waals surface area contributed by atoms with Gasteiger partial charge in [-0.25, -0.2) is 0 Å². The van der Waals surface area contributed by atoms with Gasteiger partial charge in [0.1, 0.15) is 0 Å². The van der Waals surface area contributed by atoms with Crippen molar-refractivity contribution in [1.82, 2.24) is 0 Å². The predicted molar refractivity (Wildman–Crippen MR) is 89.7 cm³/mol. The second kappa shape index (κ2) is 22.6. The van der Waals surface area contributed by atoms with E-state index in [-0.39, 0.29) is 22.4 Å². The molecule has 0 aliphatic heterocycles. The molecule has 103 valence electrons. The van der Waals surface area contributed by atoms with Crippen LogP contribution >= 0.6 is 0 Å². The van der Waals surface area contributed by atoms with Gasteiger partial charge in [0.25, 0.3) is 0 Å². The van der Waals surface area contributed by atoms with Gasteiger partial charge in [0.05, 0.1) is 0 Å². The molecule has 2 saturated carbocycles. The van der Waals surface area contributed by atoms with Crippen LogP contribution in [0.15, 0.2) is 0 Å². The standard InChI is InChI=1S/2C5H5.6CH3.Nb.2Sn/c2*1-2-4-5-3-1;;;;;;;;;/h2*1-5H;6*1H3;;;/q;;;;;;;;+2;;. The van der Waals surface area contributed by atoms with Crippen LogP contribution in [0.3, 0.4) is 0 Å². The largest absolute Gasteiger partial charge is 2.00 e. The first-order valence-corrected chi connectivity index (χ1v) is 23.5. The first-order valence-electron chi connectivity index (χ1n) is 6.33. The average Bonchev–Trinajstić information content (AvgIpc) is 2.96. The third-order valence-corrected chi connectivity index (χ3v) is 1.11. The minimum atomic E-state index is -0.543. The van der Waals surface area contributed by atoms with Crippen molar-refractivity contribution >= 4 is 39.5 Å². The summed E-state index contributed by atoms with van der Waals surface area (Å²) in [7, 11) is 0. The molecule has 2 aliphatic rings. The van der Waals surface area contributed by atoms with E-state index >= 15 is 0 Å². The van der Waals surface area contributed by atoms with E-state index < -0.39 is 39.5 Å². The molecule has 2 rings (SSSR count). The molecule has 0 aromatic rings. The predicted octanol–water partition coefficient (Wildman–Crippen LogP) is 4.78. The Labute approximate surface area is 154 Å². The molecule has 0 spiro atoms. The molecule has 2 aliphatic carbocycles. The normalized spacial score (nSPS) is 16.4. The molecule has 13 radical (unpaired) electrons. The molecule has 0 atom stereocenters. The zero-order chi connectivity index (χ0) is 14.2. The van der Waals surface area contributed by atoms with Crippen LogP contribution in [0.1, 0.15) is 0 Å². The summed E-state index contributed by atoms with van der Waals surface area (Å²) in [6.07, 6.45) is 20.0. The summed E-state index contributed by atoms with van der Waals surface area (Å²) in [5.41, 5.74) is 0. The summed E-state index contributed by atoms with van der Waals surface area (Å²) in [5, 5.41) is 0. The van der Waals surface area contributed by atoms with E-state index in [1.165, 1.54) is 0 Å². The Morgan fingerprint density at radius 1 is 0.368 bits per heavy atom. The maximum absolute atomic E-state index is 2.36. The molecule has 0 saturated heterocycles. The van der Waals surface area contributed by atoms with Gasteiger partial charge in [-0.15, -0.1) is 0 Å². The quantitative estimate of drug-likeness (QED) is 0.381. The number of rotatable bonds is 0. The summed E-state index contributed by atoms with van der Waals surface area (Å²) >= 11 is -1.09. The maximum Gasteiger partial charge on any atom is 2.00 e. The Balaban J connectivity index is -0.000000178. The van der Waals surface area contributed by atoms with Gasteiger partial charge in [-0.2, -0.15) is 0 Å². The molecule has 19 heavy (non-hydrogen) atoms. The third-order valence-electron chi connectivity index (χ3n) is 1.11. The van der Waals surface area contributed by atoms with Crippen LogP contribution in [0.25, 0.3) is 0 Å². The topological polar surface area (TPSA) is 0 Å². The molecule has 2 fully saturated rings. The van der Waals surface area contributed by atoms with Crippen LogP contribution in [0, 0.1) is 64.2 Å². The van der Waals surface area contributed by atoms with Crippen molar-refractivity contribution in [1.29, 1.82) is 0 Å². The summed E-state index contributed by atoms with van der Waals surface area (Å²) in [5.74, 6) is 0. The molecule has 3 heteroatoms. The van der Waals surface area contributed by atoms with E-state index in [1.807, 2.05) is 64.2 Å². The first-order chi connectivity index (χ1) is 8.46. The van der Waals surface area contributed by atoms with Gasteiger partial charge in [-0.3, -0.25) is 0 Å². The first kappa shape index (κ1) is 26.2.